The molecule has 0 bridgehead atoms. The number of aryl methyl sites for hydroxylation is 5. The van der Waals surface area contributed by atoms with Crippen molar-refractivity contribution in [3.05, 3.63) is 35.4 Å². The van der Waals surface area contributed by atoms with Crippen LogP contribution in [-0.4, -0.2) is 19.6 Å². The smallest absolute Gasteiger partial charge is 0.0624 e. The quantitative estimate of drug-likeness (QED) is 0.790. The van der Waals surface area contributed by atoms with Crippen molar-refractivity contribution in [1.29, 1.82) is 0 Å². The highest BCUT2D eigenvalue weighted by molar-refractivity contribution is 5.11. The monoisotopic (exact) mass is 232 g/mol. The van der Waals surface area contributed by atoms with Gasteiger partial charge in [0.1, 0.15) is 0 Å². The molecule has 0 aliphatic heterocycles. The van der Waals surface area contributed by atoms with E-state index in [0.29, 0.717) is 0 Å². The second-order valence-corrected chi connectivity index (χ2v) is 4.33. The fraction of sp³-hybridized carbons (Fsp3) is 0.538. The lowest BCUT2D eigenvalue weighted by molar-refractivity contribution is 0.581. The number of nitrogens with zero attached hydrogens (tertiary/aromatic N) is 4. The van der Waals surface area contributed by atoms with Crippen LogP contribution < -0.4 is 0 Å². The van der Waals surface area contributed by atoms with E-state index < -0.39 is 0 Å². The van der Waals surface area contributed by atoms with Gasteiger partial charge in [-0.1, -0.05) is 13.8 Å². The predicted molar refractivity (Wildman–Crippen MR) is 67.9 cm³/mol. The number of rotatable bonds is 5. The van der Waals surface area contributed by atoms with E-state index in [9.17, 15) is 0 Å². The lowest BCUT2D eigenvalue weighted by atomic mass is 10.2. The maximum atomic E-state index is 4.61. The average molecular weight is 232 g/mol. The molecule has 0 spiro atoms. The lowest BCUT2D eigenvalue weighted by Crippen LogP contribution is -2.06. The molecule has 0 saturated heterocycles. The first-order valence-electron chi connectivity index (χ1n) is 6.26. The molecule has 0 radical (unpaired) electrons. The molecule has 0 aliphatic rings. The van der Waals surface area contributed by atoms with Gasteiger partial charge in [0.25, 0.3) is 0 Å². The van der Waals surface area contributed by atoms with E-state index in [0.717, 1.165) is 25.8 Å². The molecule has 0 fully saturated rings. The summed E-state index contributed by atoms with van der Waals surface area (Å²) >= 11 is 0. The summed E-state index contributed by atoms with van der Waals surface area (Å²) in [5.41, 5.74) is 3.78. The Balaban J connectivity index is 2.05. The number of aromatic nitrogens is 4. The Morgan fingerprint density at radius 1 is 1.24 bits per heavy atom. The van der Waals surface area contributed by atoms with Crippen molar-refractivity contribution in [2.24, 2.45) is 7.05 Å². The SMILES string of the molecule is CCc1cc(CC)n(CCc2cnn(C)c2)n1. The minimum absolute atomic E-state index is 0.939. The van der Waals surface area contributed by atoms with Crippen molar-refractivity contribution in [2.75, 3.05) is 0 Å². The summed E-state index contributed by atoms with van der Waals surface area (Å²) in [5.74, 6) is 0. The molecule has 0 unspecified atom stereocenters. The van der Waals surface area contributed by atoms with Crippen LogP contribution in [0.5, 0.6) is 0 Å². The Kier molecular flexibility index (Phi) is 3.61. The molecule has 0 amide bonds. The molecule has 2 aromatic heterocycles. The van der Waals surface area contributed by atoms with Crippen molar-refractivity contribution in [1.82, 2.24) is 19.6 Å². The Morgan fingerprint density at radius 2 is 2.06 bits per heavy atom. The predicted octanol–water partition coefficient (Wildman–Crippen LogP) is 1.98. The van der Waals surface area contributed by atoms with Crippen LogP contribution in [0.1, 0.15) is 30.8 Å². The minimum atomic E-state index is 0.939. The molecule has 0 aliphatic carbocycles. The van der Waals surface area contributed by atoms with Gasteiger partial charge in [-0.3, -0.25) is 9.36 Å². The van der Waals surface area contributed by atoms with E-state index in [1.807, 2.05) is 17.9 Å². The van der Waals surface area contributed by atoms with Crippen LogP contribution in [-0.2, 0) is 32.9 Å². The van der Waals surface area contributed by atoms with E-state index in [1.54, 1.807) is 0 Å². The van der Waals surface area contributed by atoms with Gasteiger partial charge in [0.05, 0.1) is 11.9 Å². The zero-order valence-electron chi connectivity index (χ0n) is 10.8. The first kappa shape index (κ1) is 11.9. The highest BCUT2D eigenvalue weighted by Crippen LogP contribution is 2.08. The largest absolute Gasteiger partial charge is 0.276 e. The Labute approximate surface area is 102 Å². The summed E-state index contributed by atoms with van der Waals surface area (Å²) in [7, 11) is 1.95. The second kappa shape index (κ2) is 5.17. The molecule has 2 heterocycles. The van der Waals surface area contributed by atoms with Gasteiger partial charge < -0.3 is 0 Å². The molecule has 0 atom stereocenters. The summed E-state index contributed by atoms with van der Waals surface area (Å²) in [6, 6.07) is 2.21. The molecule has 0 N–H and O–H groups in total. The van der Waals surface area contributed by atoms with Gasteiger partial charge >= 0.3 is 0 Å². The van der Waals surface area contributed by atoms with Gasteiger partial charge in [-0.2, -0.15) is 10.2 Å². The van der Waals surface area contributed by atoms with Crippen LogP contribution in [0.4, 0.5) is 0 Å². The topological polar surface area (TPSA) is 35.6 Å². The molecular weight excluding hydrogens is 212 g/mol. The van der Waals surface area contributed by atoms with Crippen molar-refractivity contribution in [2.45, 2.75) is 39.7 Å². The number of hydrogen-bond acceptors (Lipinski definition) is 2. The van der Waals surface area contributed by atoms with E-state index in [4.69, 9.17) is 0 Å². The van der Waals surface area contributed by atoms with Crippen molar-refractivity contribution in [3.63, 3.8) is 0 Å². The molecule has 0 aromatic carbocycles. The molecule has 4 nitrogen and oxygen atoms in total. The average Bonchev–Trinajstić information content (AvgIpc) is 2.92. The summed E-state index contributed by atoms with van der Waals surface area (Å²) in [5, 5.41) is 8.79. The minimum Gasteiger partial charge on any atom is -0.276 e. The van der Waals surface area contributed by atoms with E-state index in [-0.39, 0.29) is 0 Å². The van der Waals surface area contributed by atoms with E-state index in [2.05, 4.69) is 41.0 Å². The Morgan fingerprint density at radius 3 is 2.65 bits per heavy atom. The Hall–Kier alpha value is -1.58. The van der Waals surface area contributed by atoms with E-state index in [1.165, 1.54) is 17.0 Å². The zero-order chi connectivity index (χ0) is 12.3. The maximum absolute atomic E-state index is 4.61. The van der Waals surface area contributed by atoms with Gasteiger partial charge in [0.2, 0.25) is 0 Å². The molecule has 2 aromatic rings. The third-order valence-electron chi connectivity index (χ3n) is 3.01. The van der Waals surface area contributed by atoms with Crippen LogP contribution in [0.15, 0.2) is 18.5 Å². The maximum Gasteiger partial charge on any atom is 0.0624 e. The highest BCUT2D eigenvalue weighted by atomic mass is 15.3. The van der Waals surface area contributed by atoms with Crippen LogP contribution in [0.2, 0.25) is 0 Å². The normalized spacial score (nSPS) is 11.0. The third kappa shape index (κ3) is 2.75. The summed E-state index contributed by atoms with van der Waals surface area (Å²) in [6.07, 6.45) is 7.03. The van der Waals surface area contributed by atoms with Gasteiger partial charge in [0, 0.05) is 25.5 Å². The molecule has 0 saturated carbocycles. The van der Waals surface area contributed by atoms with Crippen molar-refractivity contribution >= 4 is 0 Å². The van der Waals surface area contributed by atoms with E-state index >= 15 is 0 Å². The van der Waals surface area contributed by atoms with Gasteiger partial charge in [-0.05, 0) is 30.9 Å². The molecule has 92 valence electrons. The van der Waals surface area contributed by atoms with Crippen LogP contribution >= 0.6 is 0 Å². The van der Waals surface area contributed by atoms with Crippen LogP contribution in [0.25, 0.3) is 0 Å². The van der Waals surface area contributed by atoms with Crippen molar-refractivity contribution in [3.8, 4) is 0 Å². The summed E-state index contributed by atoms with van der Waals surface area (Å²) in [6.45, 7) is 5.26. The third-order valence-corrected chi connectivity index (χ3v) is 3.01. The summed E-state index contributed by atoms with van der Waals surface area (Å²) in [4.78, 5) is 0. The van der Waals surface area contributed by atoms with Crippen LogP contribution in [0, 0.1) is 0 Å². The first-order chi connectivity index (χ1) is 8.22. The highest BCUT2D eigenvalue weighted by Gasteiger charge is 2.05. The fourth-order valence-corrected chi connectivity index (χ4v) is 2.00. The van der Waals surface area contributed by atoms with Crippen LogP contribution in [0.3, 0.4) is 0 Å². The number of hydrogen-bond donors (Lipinski definition) is 0. The lowest BCUT2D eigenvalue weighted by Gasteiger charge is -2.04. The molecular formula is C13H20N4. The van der Waals surface area contributed by atoms with Gasteiger partial charge in [0.15, 0.2) is 0 Å². The fourth-order valence-electron chi connectivity index (χ4n) is 2.00. The first-order valence-corrected chi connectivity index (χ1v) is 6.26. The zero-order valence-corrected chi connectivity index (χ0v) is 10.8. The summed E-state index contributed by atoms with van der Waals surface area (Å²) < 4.78 is 3.97. The van der Waals surface area contributed by atoms with Gasteiger partial charge in [-0.25, -0.2) is 0 Å². The standard InChI is InChI=1S/C13H20N4/c1-4-12-8-13(5-2)17(15-12)7-6-11-9-14-16(3)10-11/h8-10H,4-7H2,1-3H3. The second-order valence-electron chi connectivity index (χ2n) is 4.33. The molecule has 4 heteroatoms. The molecule has 17 heavy (non-hydrogen) atoms. The Bertz CT molecular complexity index is 481. The van der Waals surface area contributed by atoms with Crippen molar-refractivity contribution < 1.29 is 0 Å². The van der Waals surface area contributed by atoms with Gasteiger partial charge in [-0.15, -0.1) is 0 Å². The molecule has 2 rings (SSSR count).